The molecule has 0 bridgehead atoms. The van der Waals surface area contributed by atoms with E-state index in [9.17, 15) is 19.2 Å². The molecule has 4 heterocycles. The van der Waals surface area contributed by atoms with Crippen molar-refractivity contribution in [3.63, 3.8) is 0 Å². The summed E-state index contributed by atoms with van der Waals surface area (Å²) < 4.78 is 35.4. The summed E-state index contributed by atoms with van der Waals surface area (Å²) >= 11 is 0. The number of ether oxygens (including phenoxy) is 4. The van der Waals surface area contributed by atoms with E-state index in [0.29, 0.717) is 69.4 Å². The number of imidazole rings is 2. The van der Waals surface area contributed by atoms with Gasteiger partial charge in [-0.15, -0.1) is 0 Å². The average molecular weight is 931 g/mol. The number of aryl methyl sites for hydroxylation is 6. The van der Waals surface area contributed by atoms with E-state index in [0.717, 1.165) is 5.56 Å². The summed E-state index contributed by atoms with van der Waals surface area (Å²) in [4.78, 5) is 63.0. The Hall–Kier alpha value is -7.58. The number of hydrogen-bond acceptors (Lipinski definition) is 10. The van der Waals surface area contributed by atoms with Crippen molar-refractivity contribution in [2.75, 3.05) is 20.3 Å². The summed E-state index contributed by atoms with van der Waals surface area (Å²) in [5.41, 5.74) is 17.5. The molecule has 4 amide bonds. The molecule has 0 aliphatic rings. The van der Waals surface area contributed by atoms with Crippen molar-refractivity contribution in [3.05, 3.63) is 117 Å². The number of carbonyl (C=O) groups is 4. The number of nitrogens with two attached hydrogens (primary N) is 2. The number of rotatable bonds is 19. The first-order valence-electron chi connectivity index (χ1n) is 22.4. The lowest BCUT2D eigenvalue weighted by Gasteiger charge is -2.28. The molecule has 358 valence electrons. The van der Waals surface area contributed by atoms with Gasteiger partial charge in [0, 0.05) is 51.5 Å². The Morgan fingerprint density at radius 3 is 1.68 bits per heavy atom. The molecule has 4 N–H and O–H groups in total. The highest BCUT2D eigenvalue weighted by atomic mass is 16.5. The van der Waals surface area contributed by atoms with Crippen LogP contribution < -0.4 is 32.2 Å². The number of nitrogens with zero attached hydrogens (tertiary/aromatic N) is 10. The second-order valence-electron chi connectivity index (χ2n) is 16.1. The highest BCUT2D eigenvalue weighted by molar-refractivity contribution is 5.99. The lowest BCUT2D eigenvalue weighted by Crippen LogP contribution is -2.43. The standard InChI is InChI=1S/C48H58N12O8/c1-10-59-37(20-28(5)53-59)45(63)51-47-55(7)35-22-31(43(49)61)16-19-34(35)57(47)25-40(66-12-3)41(67-13-4)26-58-42-36(56(8)48(58)52-46(64)38-21-29(6)54-60(38)11-2)23-32(44(50)62)24-39(42)68-27-30-14-17-33(65-9)18-15-30/h14-24,40-41H,10-13,25-27H2,1-9H3,(H2,49,61)(H2,50,62)/t40-,41-/m0/s1. The Labute approximate surface area is 392 Å². The molecule has 0 fully saturated rings. The Kier molecular flexibility index (Phi) is 14.6. The van der Waals surface area contributed by atoms with Crippen LogP contribution in [0.15, 0.2) is 76.7 Å². The zero-order valence-electron chi connectivity index (χ0n) is 39.8. The zero-order valence-corrected chi connectivity index (χ0v) is 39.8. The van der Waals surface area contributed by atoms with E-state index < -0.39 is 35.8 Å². The topological polar surface area (TPSA) is 237 Å². The average Bonchev–Trinajstić information content (AvgIpc) is 4.05. The normalized spacial score (nSPS) is 13.1. The minimum absolute atomic E-state index is 0.0420. The summed E-state index contributed by atoms with van der Waals surface area (Å²) in [7, 11) is 5.08. The summed E-state index contributed by atoms with van der Waals surface area (Å²) in [5, 5.41) is 8.94. The van der Waals surface area contributed by atoms with Gasteiger partial charge in [-0.3, -0.25) is 28.5 Å². The van der Waals surface area contributed by atoms with Gasteiger partial charge in [-0.05, 0) is 102 Å². The molecule has 7 rings (SSSR count). The Morgan fingerprint density at radius 2 is 1.16 bits per heavy atom. The van der Waals surface area contributed by atoms with E-state index in [1.165, 1.54) is 0 Å². The van der Waals surface area contributed by atoms with Crippen molar-refractivity contribution in [3.8, 4) is 11.5 Å². The molecule has 0 aliphatic carbocycles. The maximum atomic E-state index is 14.3. The van der Waals surface area contributed by atoms with Crippen LogP contribution in [0, 0.1) is 13.8 Å². The maximum absolute atomic E-state index is 14.3. The highest BCUT2D eigenvalue weighted by Gasteiger charge is 2.30. The number of primary amides is 2. The molecule has 7 aromatic rings. The number of hydrogen-bond donors (Lipinski definition) is 2. The van der Waals surface area contributed by atoms with Gasteiger partial charge in [0.15, 0.2) is 0 Å². The van der Waals surface area contributed by atoms with Gasteiger partial charge in [0.25, 0.3) is 11.8 Å². The van der Waals surface area contributed by atoms with Crippen molar-refractivity contribution in [1.82, 2.24) is 37.8 Å². The summed E-state index contributed by atoms with van der Waals surface area (Å²) in [6.07, 6.45) is -1.52. The fourth-order valence-electron chi connectivity index (χ4n) is 8.39. The lowest BCUT2D eigenvalue weighted by molar-refractivity contribution is -0.0801. The molecule has 0 saturated carbocycles. The Morgan fingerprint density at radius 1 is 0.647 bits per heavy atom. The van der Waals surface area contributed by atoms with E-state index in [1.54, 1.807) is 89.1 Å². The van der Waals surface area contributed by atoms with Crippen molar-refractivity contribution < 1.29 is 38.1 Å². The second-order valence-corrected chi connectivity index (χ2v) is 16.1. The quantitative estimate of drug-likeness (QED) is 0.118. The monoisotopic (exact) mass is 930 g/mol. The number of aromatic nitrogens is 8. The number of benzene rings is 3. The van der Waals surface area contributed by atoms with Gasteiger partial charge in [-0.1, -0.05) is 12.1 Å². The molecule has 20 nitrogen and oxygen atoms in total. The first-order chi connectivity index (χ1) is 32.6. The van der Waals surface area contributed by atoms with Crippen LogP contribution in [0.5, 0.6) is 11.5 Å². The zero-order chi connectivity index (χ0) is 49.0. The third kappa shape index (κ3) is 9.77. The number of fused-ring (bicyclic) bond motifs is 2. The van der Waals surface area contributed by atoms with Crippen LogP contribution in [0.3, 0.4) is 0 Å². The minimum Gasteiger partial charge on any atom is -0.497 e. The fraction of sp³-hybridized carbons (Fsp3) is 0.375. The summed E-state index contributed by atoms with van der Waals surface area (Å²) in [6, 6.07) is 19.0. The van der Waals surface area contributed by atoms with E-state index >= 15 is 0 Å². The van der Waals surface area contributed by atoms with Gasteiger partial charge in [-0.2, -0.15) is 20.2 Å². The number of methoxy groups -OCH3 is 1. The molecule has 20 heteroatoms. The van der Waals surface area contributed by atoms with E-state index in [-0.39, 0.29) is 55.3 Å². The van der Waals surface area contributed by atoms with Crippen LogP contribution in [0.2, 0.25) is 0 Å². The van der Waals surface area contributed by atoms with E-state index in [4.69, 9.17) is 35.4 Å². The van der Waals surface area contributed by atoms with Crippen LogP contribution in [0.25, 0.3) is 22.1 Å². The molecule has 0 aliphatic heterocycles. The third-order valence-electron chi connectivity index (χ3n) is 11.7. The SMILES string of the molecule is CCO[C@@H](Cn1c(=NC(=O)c2cc(C)nn2CC)n(C)c2cc(C(N)=O)ccc21)[C@H](Cn1c(=NC(=O)c2cc(C)nn2CC)n(C)c2cc(C(N)=O)cc(OCc3ccc(OC)cc3)c21)OCC. The largest absolute Gasteiger partial charge is 0.497 e. The van der Waals surface area contributed by atoms with Crippen molar-refractivity contribution in [2.24, 2.45) is 35.5 Å². The molecule has 3 aromatic carbocycles. The molecule has 0 spiro atoms. The molecule has 0 saturated heterocycles. The van der Waals surface area contributed by atoms with Gasteiger partial charge in [-0.25, -0.2) is 0 Å². The van der Waals surface area contributed by atoms with Crippen molar-refractivity contribution in [2.45, 2.75) is 86.5 Å². The highest BCUT2D eigenvalue weighted by Crippen LogP contribution is 2.30. The Bertz CT molecular complexity index is 3180. The van der Waals surface area contributed by atoms with E-state index in [1.807, 2.05) is 68.0 Å². The predicted octanol–water partition coefficient (Wildman–Crippen LogP) is 4.10. The lowest BCUT2D eigenvalue weighted by atomic mass is 10.1. The van der Waals surface area contributed by atoms with Gasteiger partial charge < -0.3 is 48.7 Å². The van der Waals surface area contributed by atoms with Gasteiger partial charge in [0.05, 0.1) is 48.1 Å². The first-order valence-corrected chi connectivity index (χ1v) is 22.4. The van der Waals surface area contributed by atoms with Gasteiger partial charge >= 0.3 is 0 Å². The Balaban J connectivity index is 1.43. The minimum atomic E-state index is -0.770. The molecule has 2 atom stereocenters. The molecular formula is C48H58N12O8. The number of carbonyl (C=O) groups excluding carboxylic acids is 4. The third-order valence-corrected chi connectivity index (χ3v) is 11.7. The van der Waals surface area contributed by atoms with E-state index in [2.05, 4.69) is 15.2 Å². The van der Waals surface area contributed by atoms with Crippen LogP contribution in [0.1, 0.15) is 86.3 Å². The number of amides is 4. The molecule has 68 heavy (non-hydrogen) atoms. The fourth-order valence-corrected chi connectivity index (χ4v) is 8.39. The molecule has 0 radical (unpaired) electrons. The van der Waals surface area contributed by atoms with Crippen molar-refractivity contribution in [1.29, 1.82) is 0 Å². The van der Waals surface area contributed by atoms with Gasteiger partial charge in [0.2, 0.25) is 23.1 Å². The predicted molar refractivity (Wildman–Crippen MR) is 252 cm³/mol. The van der Waals surface area contributed by atoms with Crippen LogP contribution in [-0.2, 0) is 56.4 Å². The summed E-state index contributed by atoms with van der Waals surface area (Å²) in [6.45, 7) is 12.8. The molecule has 0 unspecified atom stereocenters. The smallest absolute Gasteiger partial charge is 0.298 e. The van der Waals surface area contributed by atoms with Crippen LogP contribution in [0.4, 0.5) is 0 Å². The first kappa shape index (κ1) is 48.4. The van der Waals surface area contributed by atoms with Gasteiger partial charge in [0.1, 0.15) is 47.2 Å². The summed E-state index contributed by atoms with van der Waals surface area (Å²) in [5.74, 6) is -1.39. The second kappa shape index (κ2) is 20.5. The van der Waals surface area contributed by atoms with Crippen molar-refractivity contribution >= 4 is 45.7 Å². The van der Waals surface area contributed by atoms with Crippen LogP contribution in [-0.4, -0.2) is 94.0 Å². The molecular weight excluding hydrogens is 873 g/mol. The maximum Gasteiger partial charge on any atom is 0.298 e. The molecule has 4 aromatic heterocycles. The van der Waals surface area contributed by atoms with Crippen LogP contribution >= 0.6 is 0 Å².